The summed E-state index contributed by atoms with van der Waals surface area (Å²) in [5.41, 5.74) is 5.30. The molecule has 0 bridgehead atoms. The van der Waals surface area contributed by atoms with Crippen LogP contribution >= 0.6 is 0 Å². The van der Waals surface area contributed by atoms with E-state index in [1.165, 1.54) is 23.8 Å². The van der Waals surface area contributed by atoms with Crippen molar-refractivity contribution in [3.05, 3.63) is 71.4 Å². The van der Waals surface area contributed by atoms with Gasteiger partial charge in [0.1, 0.15) is 5.75 Å². The number of rotatable bonds is 4. The lowest BCUT2D eigenvalue weighted by Gasteiger charge is -2.42. The molecule has 166 valence electrons. The van der Waals surface area contributed by atoms with E-state index >= 15 is 0 Å². The predicted octanol–water partition coefficient (Wildman–Crippen LogP) is 4.83. The van der Waals surface area contributed by atoms with E-state index in [1.807, 2.05) is 12.3 Å². The van der Waals surface area contributed by atoms with Gasteiger partial charge in [0.05, 0.1) is 5.69 Å². The predicted molar refractivity (Wildman–Crippen MR) is 115 cm³/mol. The van der Waals surface area contributed by atoms with Crippen LogP contribution in [-0.4, -0.2) is 29.4 Å². The number of aromatic nitrogens is 2. The first-order chi connectivity index (χ1) is 15.4. The third-order valence-corrected chi connectivity index (χ3v) is 6.29. The summed E-state index contributed by atoms with van der Waals surface area (Å²) in [5, 5.41) is 6.59. The van der Waals surface area contributed by atoms with Gasteiger partial charge in [-0.15, -0.1) is 13.2 Å². The van der Waals surface area contributed by atoms with Gasteiger partial charge >= 0.3 is 6.36 Å². The summed E-state index contributed by atoms with van der Waals surface area (Å²) in [5.74, 6) is 0.200. The SMILES string of the molecule is FC(F)(F)Oc1cccc(CNc2ncc3c(n2)-c2ccccc2C2(CCNCC2)C3)c1. The molecular formula is C24H23F3N4O. The molecule has 0 radical (unpaired) electrons. The van der Waals surface area contributed by atoms with E-state index in [-0.39, 0.29) is 17.7 Å². The number of ether oxygens (including phenoxy) is 1. The molecule has 1 fully saturated rings. The van der Waals surface area contributed by atoms with E-state index in [0.29, 0.717) is 11.5 Å². The van der Waals surface area contributed by atoms with Crippen molar-refractivity contribution < 1.29 is 17.9 Å². The minimum atomic E-state index is -4.72. The van der Waals surface area contributed by atoms with Gasteiger partial charge in [-0.05, 0) is 61.2 Å². The zero-order chi connectivity index (χ0) is 22.2. The van der Waals surface area contributed by atoms with Crippen LogP contribution in [-0.2, 0) is 18.4 Å². The second-order valence-electron chi connectivity index (χ2n) is 8.37. The Hall–Kier alpha value is -3.13. The Morgan fingerprint density at radius 1 is 1.06 bits per heavy atom. The number of benzene rings is 2. The van der Waals surface area contributed by atoms with Crippen LogP contribution in [0.5, 0.6) is 5.75 Å². The summed E-state index contributed by atoms with van der Waals surface area (Å²) in [7, 11) is 0. The van der Waals surface area contributed by atoms with Crippen LogP contribution in [0.25, 0.3) is 11.3 Å². The number of nitrogens with one attached hydrogen (secondary N) is 2. The van der Waals surface area contributed by atoms with Crippen LogP contribution < -0.4 is 15.4 Å². The normalized spacial score (nSPS) is 16.8. The summed E-state index contributed by atoms with van der Waals surface area (Å²) in [6, 6.07) is 14.3. The van der Waals surface area contributed by atoms with Gasteiger partial charge in [0.25, 0.3) is 0 Å². The molecule has 1 aromatic heterocycles. The van der Waals surface area contributed by atoms with E-state index in [0.717, 1.165) is 49.2 Å². The Labute approximate surface area is 184 Å². The largest absolute Gasteiger partial charge is 0.573 e. The molecule has 2 aliphatic rings. The fraction of sp³-hybridized carbons (Fsp3) is 0.333. The molecule has 5 nitrogen and oxygen atoms in total. The van der Waals surface area contributed by atoms with Crippen LogP contribution in [0.1, 0.15) is 29.5 Å². The first-order valence-electron chi connectivity index (χ1n) is 10.7. The van der Waals surface area contributed by atoms with Gasteiger partial charge in [0.15, 0.2) is 0 Å². The number of anilines is 1. The summed E-state index contributed by atoms with van der Waals surface area (Å²) in [6.45, 7) is 2.29. The molecule has 1 aliphatic heterocycles. The van der Waals surface area contributed by atoms with Crippen molar-refractivity contribution in [1.82, 2.24) is 15.3 Å². The fourth-order valence-electron chi connectivity index (χ4n) is 4.85. The molecule has 0 amide bonds. The smallest absolute Gasteiger partial charge is 0.406 e. The molecule has 0 atom stereocenters. The van der Waals surface area contributed by atoms with E-state index in [2.05, 4.69) is 38.6 Å². The van der Waals surface area contributed by atoms with Crippen molar-refractivity contribution in [2.75, 3.05) is 18.4 Å². The Morgan fingerprint density at radius 3 is 2.69 bits per heavy atom. The molecule has 2 heterocycles. The number of fused-ring (bicyclic) bond motifs is 4. The summed E-state index contributed by atoms with van der Waals surface area (Å²) < 4.78 is 41.4. The van der Waals surface area contributed by atoms with E-state index in [4.69, 9.17) is 4.98 Å². The van der Waals surface area contributed by atoms with Crippen LogP contribution in [0.3, 0.4) is 0 Å². The van der Waals surface area contributed by atoms with E-state index < -0.39 is 6.36 Å². The Balaban J connectivity index is 1.38. The topological polar surface area (TPSA) is 59.1 Å². The molecule has 1 spiro atoms. The highest BCUT2D eigenvalue weighted by Crippen LogP contribution is 2.46. The van der Waals surface area contributed by atoms with E-state index in [1.54, 1.807) is 6.07 Å². The van der Waals surface area contributed by atoms with Crippen molar-refractivity contribution in [3.63, 3.8) is 0 Å². The van der Waals surface area contributed by atoms with Gasteiger partial charge < -0.3 is 15.4 Å². The number of hydrogen-bond donors (Lipinski definition) is 2. The Kier molecular flexibility index (Phi) is 5.25. The monoisotopic (exact) mass is 440 g/mol. The van der Waals surface area contributed by atoms with Crippen molar-refractivity contribution >= 4 is 5.95 Å². The third kappa shape index (κ3) is 4.14. The van der Waals surface area contributed by atoms with Gasteiger partial charge in [-0.2, -0.15) is 0 Å². The molecule has 2 aromatic carbocycles. The Bertz CT molecular complexity index is 1130. The van der Waals surface area contributed by atoms with E-state index in [9.17, 15) is 13.2 Å². The number of hydrogen-bond acceptors (Lipinski definition) is 5. The summed E-state index contributed by atoms with van der Waals surface area (Å²) >= 11 is 0. The average molecular weight is 440 g/mol. The molecule has 8 heteroatoms. The quantitative estimate of drug-likeness (QED) is 0.609. The molecule has 2 N–H and O–H groups in total. The summed E-state index contributed by atoms with van der Waals surface area (Å²) in [6.07, 6.45) is 0.248. The number of piperidine rings is 1. The minimum Gasteiger partial charge on any atom is -0.406 e. The highest BCUT2D eigenvalue weighted by molar-refractivity contribution is 5.72. The number of halogens is 3. The Morgan fingerprint density at radius 2 is 1.88 bits per heavy atom. The van der Waals surface area contributed by atoms with Gasteiger partial charge in [0, 0.05) is 23.7 Å². The molecule has 32 heavy (non-hydrogen) atoms. The van der Waals surface area contributed by atoms with Gasteiger partial charge in [0.2, 0.25) is 5.95 Å². The van der Waals surface area contributed by atoms with Crippen LogP contribution in [0.2, 0.25) is 0 Å². The van der Waals surface area contributed by atoms with Crippen molar-refractivity contribution in [2.45, 2.75) is 37.6 Å². The highest BCUT2D eigenvalue weighted by atomic mass is 19.4. The number of nitrogens with zero attached hydrogens (tertiary/aromatic N) is 2. The van der Waals surface area contributed by atoms with Gasteiger partial charge in [-0.1, -0.05) is 36.4 Å². The maximum Gasteiger partial charge on any atom is 0.573 e. The molecule has 1 aliphatic carbocycles. The van der Waals surface area contributed by atoms with Crippen LogP contribution in [0.4, 0.5) is 19.1 Å². The van der Waals surface area contributed by atoms with Crippen molar-refractivity contribution in [3.8, 4) is 17.0 Å². The average Bonchev–Trinajstić information content (AvgIpc) is 2.78. The van der Waals surface area contributed by atoms with Crippen molar-refractivity contribution in [1.29, 1.82) is 0 Å². The minimum absolute atomic E-state index is 0.117. The zero-order valence-electron chi connectivity index (χ0n) is 17.4. The lowest BCUT2D eigenvalue weighted by atomic mass is 9.64. The van der Waals surface area contributed by atoms with Crippen LogP contribution in [0.15, 0.2) is 54.7 Å². The van der Waals surface area contributed by atoms with Gasteiger partial charge in [-0.25, -0.2) is 9.97 Å². The molecule has 5 rings (SSSR count). The highest BCUT2D eigenvalue weighted by Gasteiger charge is 2.40. The zero-order valence-corrected chi connectivity index (χ0v) is 17.4. The maximum absolute atomic E-state index is 12.5. The first-order valence-corrected chi connectivity index (χ1v) is 10.7. The number of alkyl halides is 3. The molecule has 1 saturated heterocycles. The molecule has 0 unspecified atom stereocenters. The second kappa shape index (κ2) is 8.09. The molecule has 3 aromatic rings. The fourth-order valence-corrected chi connectivity index (χ4v) is 4.85. The van der Waals surface area contributed by atoms with Gasteiger partial charge in [-0.3, -0.25) is 0 Å². The molecule has 0 saturated carbocycles. The summed E-state index contributed by atoms with van der Waals surface area (Å²) in [4.78, 5) is 9.27. The third-order valence-electron chi connectivity index (χ3n) is 6.29. The second-order valence-corrected chi connectivity index (χ2v) is 8.37. The van der Waals surface area contributed by atoms with Crippen molar-refractivity contribution in [2.24, 2.45) is 0 Å². The lowest BCUT2D eigenvalue weighted by molar-refractivity contribution is -0.274. The molecular weight excluding hydrogens is 417 g/mol. The maximum atomic E-state index is 12.5. The van der Waals surface area contributed by atoms with Crippen LogP contribution in [0, 0.1) is 0 Å². The first kappa shape index (κ1) is 20.8. The lowest BCUT2D eigenvalue weighted by Crippen LogP contribution is -2.43. The standard InChI is InChI=1S/C24H23F3N4O/c25-24(26,27)32-18-5-3-4-16(12-18)14-29-22-30-15-17-13-23(8-10-28-11-9-23)20-7-2-1-6-19(20)21(17)31-22/h1-7,12,15,28H,8-11,13-14H2,(H,29,30,31).